The van der Waals surface area contributed by atoms with Crippen molar-refractivity contribution in [1.29, 1.82) is 0 Å². The summed E-state index contributed by atoms with van der Waals surface area (Å²) in [4.78, 5) is 37.5. The van der Waals surface area contributed by atoms with Crippen LogP contribution in [0.25, 0.3) is 11.0 Å². The number of hydrogen-bond acceptors (Lipinski definition) is 12. The molecule has 1 spiro atoms. The number of nitrogens with zero attached hydrogens (tertiary/aromatic N) is 4. The summed E-state index contributed by atoms with van der Waals surface area (Å²) in [6, 6.07) is 19.3. The number of nitrogens with one attached hydrogen (secondary N) is 3. The third kappa shape index (κ3) is 10.3. The lowest BCUT2D eigenvalue weighted by Crippen LogP contribution is -2.63. The lowest BCUT2D eigenvalue weighted by Gasteiger charge is -2.57. The summed E-state index contributed by atoms with van der Waals surface area (Å²) in [5, 5.41) is 25.8. The van der Waals surface area contributed by atoms with Crippen LogP contribution >= 0.6 is 0 Å². The summed E-state index contributed by atoms with van der Waals surface area (Å²) in [6.45, 7) is 14.0. The number of ether oxygens (including phenoxy) is 2. The number of benzene rings is 3. The molecule has 2 saturated carbocycles. The molecule has 1 amide bonds. The maximum absolute atomic E-state index is 15.0. The van der Waals surface area contributed by atoms with Gasteiger partial charge in [-0.3, -0.25) is 19.8 Å². The Morgan fingerprint density at radius 2 is 1.72 bits per heavy atom. The molecule has 5 aromatic rings. The first-order chi connectivity index (χ1) is 32.9. The van der Waals surface area contributed by atoms with Crippen molar-refractivity contribution in [3.8, 4) is 17.4 Å². The molecule has 9 rings (SSSR count). The topological polar surface area (TPSA) is 192 Å². The minimum atomic E-state index is -4.67. The summed E-state index contributed by atoms with van der Waals surface area (Å²) in [5.74, 6) is -0.402. The fourth-order valence-electron chi connectivity index (χ4n) is 11.2. The number of sulfonamides is 1. The fraction of sp³-hybridized carbons (Fsp3) is 0.500. The zero-order chi connectivity index (χ0) is 48.8. The van der Waals surface area contributed by atoms with Gasteiger partial charge in [-0.2, -0.15) is 4.98 Å². The van der Waals surface area contributed by atoms with Crippen molar-refractivity contribution in [2.75, 3.05) is 42.9 Å². The van der Waals surface area contributed by atoms with E-state index in [4.69, 9.17) is 9.47 Å². The van der Waals surface area contributed by atoms with Crippen molar-refractivity contribution < 1.29 is 37.1 Å². The quantitative estimate of drug-likeness (QED) is 0.0574. The van der Waals surface area contributed by atoms with Crippen LogP contribution in [0.3, 0.4) is 0 Å². The third-order valence-corrected chi connectivity index (χ3v) is 16.4. The molecule has 4 aliphatic rings. The molecule has 4 heterocycles. The van der Waals surface area contributed by atoms with E-state index in [-0.39, 0.29) is 57.1 Å². The van der Waals surface area contributed by atoms with Crippen LogP contribution in [-0.4, -0.2) is 89.7 Å². The van der Waals surface area contributed by atoms with Crippen molar-refractivity contribution in [3.05, 3.63) is 106 Å². The van der Waals surface area contributed by atoms with Gasteiger partial charge in [0.1, 0.15) is 22.9 Å². The highest BCUT2D eigenvalue weighted by Crippen LogP contribution is 2.49. The van der Waals surface area contributed by atoms with Crippen molar-refractivity contribution in [2.45, 2.75) is 127 Å². The number of aromatic nitrogens is 2. The van der Waals surface area contributed by atoms with Gasteiger partial charge in [0, 0.05) is 68.8 Å². The van der Waals surface area contributed by atoms with E-state index in [2.05, 4.69) is 67.9 Å². The Kier molecular flexibility index (Phi) is 13.4. The van der Waals surface area contributed by atoms with E-state index >= 15 is 0 Å². The minimum absolute atomic E-state index is 0.00877. The fourth-order valence-corrected chi connectivity index (χ4v) is 12.1. The lowest BCUT2D eigenvalue weighted by molar-refractivity contribution is -0.384. The van der Waals surface area contributed by atoms with E-state index in [1.807, 2.05) is 0 Å². The summed E-state index contributed by atoms with van der Waals surface area (Å²) in [6.07, 6.45) is 9.15. The smallest absolute Gasteiger partial charge is 0.293 e. The highest BCUT2D eigenvalue weighted by Gasteiger charge is 2.49. The van der Waals surface area contributed by atoms with Crippen LogP contribution in [0.2, 0.25) is 0 Å². The molecule has 4 fully saturated rings. The second-order valence-electron chi connectivity index (χ2n) is 20.7. The number of likely N-dealkylation sites (tertiary alicyclic amines) is 1. The molecular formula is C52H64FN7O8S. The molecule has 2 aromatic heterocycles. The van der Waals surface area contributed by atoms with Crippen LogP contribution in [0.4, 0.5) is 21.5 Å². The van der Waals surface area contributed by atoms with Gasteiger partial charge in [0.05, 0.1) is 32.5 Å². The molecule has 0 bridgehead atoms. The normalized spacial score (nSPS) is 22.8. The Hall–Kier alpha value is -5.78. The first kappa shape index (κ1) is 48.3. The van der Waals surface area contributed by atoms with Crippen LogP contribution in [0.1, 0.15) is 126 Å². The van der Waals surface area contributed by atoms with E-state index < -0.39 is 42.9 Å². The summed E-state index contributed by atoms with van der Waals surface area (Å²) < 4.78 is 57.3. The number of pyridine rings is 1. The second-order valence-corrected chi connectivity index (χ2v) is 22.4. The number of fused-ring (bicyclic) bond motifs is 1. The number of nitro groups is 1. The van der Waals surface area contributed by atoms with Gasteiger partial charge in [0.25, 0.3) is 27.5 Å². The molecule has 2 atom stereocenters. The number of halogens is 1. The number of carbonyl (C=O) groups is 1. The maximum Gasteiger partial charge on any atom is 0.293 e. The monoisotopic (exact) mass is 965 g/mol. The molecule has 69 heavy (non-hydrogen) atoms. The van der Waals surface area contributed by atoms with Crippen LogP contribution < -0.4 is 24.4 Å². The van der Waals surface area contributed by atoms with Crippen molar-refractivity contribution in [1.82, 2.24) is 19.6 Å². The third-order valence-electron chi connectivity index (χ3n) is 15.0. The van der Waals surface area contributed by atoms with Gasteiger partial charge in [-0.15, -0.1) is 0 Å². The number of rotatable bonds is 15. The Bertz CT molecular complexity index is 2820. The van der Waals surface area contributed by atoms with Crippen molar-refractivity contribution in [2.24, 2.45) is 11.3 Å². The molecule has 15 nitrogen and oxygen atoms in total. The Balaban J connectivity index is 0.943. The standard InChI is InChI=1S/C52H64FN7O8S/c1-32(2)37-9-6-7-10-38(37)39-11-8-12-44(39)59-30-52(31-59)21-23-58(24-22-52)35-13-15-40(46(25-35)68-47-27-41-42(53)29-55-48(41)56-50(47)67-33(3)4)49(61)57-69(65,66)36-14-16-43(45(26-36)60(63)64)54-28-34-17-19-51(5,62)20-18-34/h6-7,9-10,13-16,25-27,29,32-34,39,44,54,62H,8,11-12,17-24,28,30-31H2,1-5H3,(H,55,56)(H,57,61)/t34-,39-,44-,51-/m1/s1. The van der Waals surface area contributed by atoms with Crippen molar-refractivity contribution in [3.63, 3.8) is 0 Å². The summed E-state index contributed by atoms with van der Waals surface area (Å²) in [5.41, 5.74) is 2.94. The highest BCUT2D eigenvalue weighted by atomic mass is 32.2. The number of hydrogen-bond donors (Lipinski definition) is 4. The first-order valence-corrected chi connectivity index (χ1v) is 25.9. The lowest BCUT2D eigenvalue weighted by atomic mass is 9.70. The number of aliphatic hydroxyl groups is 1. The average Bonchev–Trinajstić information content (AvgIpc) is 3.93. The number of nitro benzene ring substituents is 1. The number of aromatic amines is 1. The van der Waals surface area contributed by atoms with E-state index in [1.54, 1.807) is 32.9 Å². The van der Waals surface area contributed by atoms with Gasteiger partial charge >= 0.3 is 0 Å². The molecule has 17 heteroatoms. The Morgan fingerprint density at radius 3 is 2.43 bits per heavy atom. The van der Waals surface area contributed by atoms with E-state index in [0.717, 1.165) is 63.6 Å². The molecule has 4 N–H and O–H groups in total. The zero-order valence-electron chi connectivity index (χ0n) is 40.1. The van der Waals surface area contributed by atoms with Gasteiger partial charge in [0.15, 0.2) is 5.75 Å². The number of amides is 1. The molecule has 0 radical (unpaired) electrons. The molecule has 2 aliphatic heterocycles. The molecular weight excluding hydrogens is 902 g/mol. The van der Waals surface area contributed by atoms with Gasteiger partial charge < -0.3 is 29.8 Å². The van der Waals surface area contributed by atoms with Crippen LogP contribution in [0.5, 0.6) is 17.4 Å². The molecule has 2 saturated heterocycles. The Morgan fingerprint density at radius 1 is 0.986 bits per heavy atom. The van der Waals surface area contributed by atoms with Gasteiger partial charge in [0.2, 0.25) is 0 Å². The second kappa shape index (κ2) is 19.2. The molecule has 3 aromatic carbocycles. The number of carbonyl (C=O) groups excluding carboxylic acids is 1. The van der Waals surface area contributed by atoms with Gasteiger partial charge in [-0.25, -0.2) is 17.5 Å². The molecule has 368 valence electrons. The first-order valence-electron chi connectivity index (χ1n) is 24.4. The van der Waals surface area contributed by atoms with Crippen LogP contribution in [-0.2, 0) is 10.0 Å². The molecule has 0 unspecified atom stereocenters. The van der Waals surface area contributed by atoms with Crippen LogP contribution in [0.15, 0.2) is 77.8 Å². The number of anilines is 2. The summed E-state index contributed by atoms with van der Waals surface area (Å²) in [7, 11) is -4.67. The number of H-pyrrole nitrogens is 1. The van der Waals surface area contributed by atoms with Crippen molar-refractivity contribution >= 4 is 44.0 Å². The largest absolute Gasteiger partial charge is 0.472 e. The van der Waals surface area contributed by atoms with E-state index in [0.29, 0.717) is 37.3 Å². The zero-order valence-corrected chi connectivity index (χ0v) is 40.9. The van der Waals surface area contributed by atoms with E-state index in [1.165, 1.54) is 60.9 Å². The average molecular weight is 966 g/mol. The SMILES string of the molecule is CC(C)Oc1nc2[nH]cc(F)c2cc1Oc1cc(N2CCC3(CC2)CN([C@@H]2CCC[C@@H]2c2ccccc2C(C)C)C3)ccc1C(=O)NS(=O)(=O)c1ccc(NC[C@H]2CC[C@](C)(O)CC2)c([N+](=O)[O-])c1. The van der Waals surface area contributed by atoms with Crippen LogP contribution in [0, 0.1) is 27.3 Å². The van der Waals surface area contributed by atoms with E-state index in [9.17, 15) is 32.8 Å². The maximum atomic E-state index is 15.0. The molecule has 2 aliphatic carbocycles. The summed E-state index contributed by atoms with van der Waals surface area (Å²) >= 11 is 0. The minimum Gasteiger partial charge on any atom is -0.472 e. The van der Waals surface area contributed by atoms with Gasteiger partial charge in [-0.1, -0.05) is 44.5 Å². The highest BCUT2D eigenvalue weighted by molar-refractivity contribution is 7.90. The predicted molar refractivity (Wildman–Crippen MR) is 264 cm³/mol. The Labute approximate surface area is 403 Å². The number of piperidine rings is 1. The predicted octanol–water partition coefficient (Wildman–Crippen LogP) is 10.0. The van der Waals surface area contributed by atoms with Gasteiger partial charge in [-0.05, 0) is 131 Å².